The summed E-state index contributed by atoms with van der Waals surface area (Å²) in [7, 11) is 0. The second-order valence-electron chi connectivity index (χ2n) is 6.44. The van der Waals surface area contributed by atoms with Crippen LogP contribution >= 0.6 is 0 Å². The zero-order chi connectivity index (χ0) is 14.6. The first-order valence-corrected chi connectivity index (χ1v) is 6.89. The van der Waals surface area contributed by atoms with Crippen molar-refractivity contribution in [3.63, 3.8) is 0 Å². The molecule has 2 unspecified atom stereocenters. The molecule has 3 heteroatoms. The summed E-state index contributed by atoms with van der Waals surface area (Å²) in [6.45, 7) is 10.5. The van der Waals surface area contributed by atoms with Crippen molar-refractivity contribution < 1.29 is 9.84 Å². The van der Waals surface area contributed by atoms with Crippen LogP contribution in [0.1, 0.15) is 40.2 Å². The Kier molecular flexibility index (Phi) is 5.39. The Balaban J connectivity index is 2.86. The van der Waals surface area contributed by atoms with Crippen molar-refractivity contribution in [2.75, 3.05) is 6.61 Å². The Bertz CT molecular complexity index is 396. The number of ether oxygens (including phenoxy) is 1. The maximum Gasteiger partial charge on any atom is 0.137 e. The van der Waals surface area contributed by atoms with Gasteiger partial charge in [0.2, 0.25) is 0 Å². The van der Waals surface area contributed by atoms with Crippen molar-refractivity contribution in [3.05, 3.63) is 29.8 Å². The minimum atomic E-state index is -0.366. The molecule has 1 aromatic rings. The van der Waals surface area contributed by atoms with E-state index in [1.807, 2.05) is 32.0 Å². The van der Waals surface area contributed by atoms with Crippen LogP contribution in [0.2, 0.25) is 0 Å². The summed E-state index contributed by atoms with van der Waals surface area (Å²) in [6, 6.07) is 7.82. The van der Waals surface area contributed by atoms with Crippen molar-refractivity contribution in [2.45, 2.75) is 52.2 Å². The molecule has 19 heavy (non-hydrogen) atoms. The van der Waals surface area contributed by atoms with Gasteiger partial charge in [0.05, 0.1) is 6.61 Å². The van der Waals surface area contributed by atoms with Crippen LogP contribution in [0, 0.1) is 5.92 Å². The van der Waals surface area contributed by atoms with E-state index in [4.69, 9.17) is 10.5 Å². The van der Waals surface area contributed by atoms with Gasteiger partial charge in [-0.3, -0.25) is 0 Å². The topological polar surface area (TPSA) is 55.5 Å². The zero-order valence-electron chi connectivity index (χ0n) is 12.7. The third-order valence-corrected chi connectivity index (χ3v) is 3.37. The van der Waals surface area contributed by atoms with E-state index in [9.17, 15) is 5.11 Å². The lowest BCUT2D eigenvalue weighted by Gasteiger charge is -2.27. The third-order valence-electron chi connectivity index (χ3n) is 3.37. The van der Waals surface area contributed by atoms with Crippen molar-refractivity contribution in [1.29, 1.82) is 0 Å². The fraction of sp³-hybridized carbons (Fsp3) is 0.625. The van der Waals surface area contributed by atoms with Crippen LogP contribution in [0.4, 0.5) is 0 Å². The van der Waals surface area contributed by atoms with Crippen molar-refractivity contribution in [2.24, 2.45) is 11.7 Å². The average Bonchev–Trinajstić information content (AvgIpc) is 2.34. The van der Waals surface area contributed by atoms with E-state index in [0.29, 0.717) is 0 Å². The average molecular weight is 265 g/mol. The first kappa shape index (κ1) is 16.0. The highest BCUT2D eigenvalue weighted by Gasteiger charge is 2.22. The van der Waals surface area contributed by atoms with Gasteiger partial charge in [-0.25, -0.2) is 0 Å². The van der Waals surface area contributed by atoms with Gasteiger partial charge in [-0.05, 0) is 29.0 Å². The number of benzene rings is 1. The molecule has 0 heterocycles. The Labute approximate surface area is 116 Å². The van der Waals surface area contributed by atoms with Crippen molar-refractivity contribution in [3.8, 4) is 5.75 Å². The molecule has 1 aromatic carbocycles. The molecule has 0 aliphatic heterocycles. The molecule has 0 aliphatic rings. The number of aliphatic hydroxyl groups excluding tert-OH is 1. The van der Waals surface area contributed by atoms with Crippen LogP contribution < -0.4 is 10.5 Å². The van der Waals surface area contributed by atoms with Gasteiger partial charge in [-0.1, -0.05) is 46.8 Å². The summed E-state index contributed by atoms with van der Waals surface area (Å²) >= 11 is 0. The highest BCUT2D eigenvalue weighted by Crippen LogP contribution is 2.26. The summed E-state index contributed by atoms with van der Waals surface area (Å²) in [4.78, 5) is 0. The van der Waals surface area contributed by atoms with Gasteiger partial charge in [0.25, 0.3) is 0 Å². The minimum absolute atomic E-state index is 0.0703. The molecule has 0 radical (unpaired) electrons. The summed E-state index contributed by atoms with van der Waals surface area (Å²) < 4.78 is 5.85. The van der Waals surface area contributed by atoms with Crippen LogP contribution in [0.15, 0.2) is 24.3 Å². The molecule has 108 valence electrons. The lowest BCUT2D eigenvalue weighted by Crippen LogP contribution is -2.45. The van der Waals surface area contributed by atoms with E-state index in [0.717, 1.165) is 5.75 Å². The van der Waals surface area contributed by atoms with Crippen molar-refractivity contribution >= 4 is 0 Å². The highest BCUT2D eigenvalue weighted by molar-refractivity contribution is 5.32. The van der Waals surface area contributed by atoms with Gasteiger partial charge in [-0.15, -0.1) is 0 Å². The SMILES string of the molecule is CC(C)C(N)C(CO)Oc1cccc(C(C)(C)C)c1. The molecule has 0 spiro atoms. The largest absolute Gasteiger partial charge is 0.486 e. The number of hydrogen-bond acceptors (Lipinski definition) is 3. The standard InChI is InChI=1S/C16H27NO2/c1-11(2)15(17)14(10-18)19-13-8-6-7-12(9-13)16(3,4)5/h6-9,11,14-15,18H,10,17H2,1-5H3. The number of aliphatic hydroxyl groups is 1. The molecular formula is C16H27NO2. The summed E-state index contributed by atoms with van der Waals surface area (Å²) in [5.41, 5.74) is 7.34. The number of hydrogen-bond donors (Lipinski definition) is 2. The van der Waals surface area contributed by atoms with E-state index in [2.05, 4.69) is 26.8 Å². The van der Waals surface area contributed by atoms with E-state index in [1.165, 1.54) is 5.56 Å². The normalized spacial score (nSPS) is 15.4. The Hall–Kier alpha value is -1.06. The van der Waals surface area contributed by atoms with Gasteiger partial charge in [-0.2, -0.15) is 0 Å². The molecule has 1 rings (SSSR count). The van der Waals surface area contributed by atoms with Gasteiger partial charge in [0.1, 0.15) is 11.9 Å². The minimum Gasteiger partial charge on any atom is -0.486 e. The summed E-state index contributed by atoms with van der Waals surface area (Å²) in [5, 5.41) is 9.43. The number of nitrogens with two attached hydrogens (primary N) is 1. The van der Waals surface area contributed by atoms with Gasteiger partial charge in [0, 0.05) is 6.04 Å². The van der Waals surface area contributed by atoms with E-state index >= 15 is 0 Å². The van der Waals surface area contributed by atoms with E-state index < -0.39 is 0 Å². The fourth-order valence-electron chi connectivity index (χ4n) is 1.88. The fourth-order valence-corrected chi connectivity index (χ4v) is 1.88. The highest BCUT2D eigenvalue weighted by atomic mass is 16.5. The second-order valence-corrected chi connectivity index (χ2v) is 6.44. The van der Waals surface area contributed by atoms with Gasteiger partial charge in [0.15, 0.2) is 0 Å². The van der Waals surface area contributed by atoms with Gasteiger partial charge < -0.3 is 15.6 Å². The predicted octanol–water partition coefficient (Wildman–Crippen LogP) is 2.71. The maximum atomic E-state index is 9.43. The molecule has 0 saturated heterocycles. The molecule has 0 bridgehead atoms. The zero-order valence-corrected chi connectivity index (χ0v) is 12.7. The molecule has 2 atom stereocenters. The quantitative estimate of drug-likeness (QED) is 0.860. The first-order chi connectivity index (χ1) is 8.75. The Morgan fingerprint density at radius 3 is 2.37 bits per heavy atom. The molecular weight excluding hydrogens is 238 g/mol. The molecule has 0 amide bonds. The van der Waals surface area contributed by atoms with Crippen LogP contribution in [-0.4, -0.2) is 23.9 Å². The lowest BCUT2D eigenvalue weighted by atomic mass is 9.87. The molecule has 0 aliphatic carbocycles. The van der Waals surface area contributed by atoms with E-state index in [-0.39, 0.29) is 30.1 Å². The third kappa shape index (κ3) is 4.51. The van der Waals surface area contributed by atoms with Crippen LogP contribution in [0.5, 0.6) is 5.75 Å². The Morgan fingerprint density at radius 2 is 1.89 bits per heavy atom. The molecule has 3 nitrogen and oxygen atoms in total. The summed E-state index contributed by atoms with van der Waals surface area (Å²) in [6.07, 6.45) is -0.366. The van der Waals surface area contributed by atoms with E-state index in [1.54, 1.807) is 0 Å². The van der Waals surface area contributed by atoms with Crippen molar-refractivity contribution in [1.82, 2.24) is 0 Å². The van der Waals surface area contributed by atoms with Gasteiger partial charge >= 0.3 is 0 Å². The molecule has 3 N–H and O–H groups in total. The van der Waals surface area contributed by atoms with Crippen LogP contribution in [0.25, 0.3) is 0 Å². The smallest absolute Gasteiger partial charge is 0.137 e. The monoisotopic (exact) mass is 265 g/mol. The lowest BCUT2D eigenvalue weighted by molar-refractivity contribution is 0.0809. The number of rotatable bonds is 5. The predicted molar refractivity (Wildman–Crippen MR) is 79.5 cm³/mol. The second kappa shape index (κ2) is 6.40. The summed E-state index contributed by atoms with van der Waals surface area (Å²) in [5.74, 6) is 1.03. The van der Waals surface area contributed by atoms with Crippen LogP contribution in [0.3, 0.4) is 0 Å². The molecule has 0 aromatic heterocycles. The molecule has 0 saturated carbocycles. The maximum absolute atomic E-state index is 9.43. The van der Waals surface area contributed by atoms with Crippen LogP contribution in [-0.2, 0) is 5.41 Å². The molecule has 0 fully saturated rings. The first-order valence-electron chi connectivity index (χ1n) is 6.89. The Morgan fingerprint density at radius 1 is 1.26 bits per heavy atom.